The van der Waals surface area contributed by atoms with Crippen molar-refractivity contribution in [1.82, 2.24) is 9.55 Å². The average Bonchev–Trinajstić information content (AvgIpc) is 2.78. The summed E-state index contributed by atoms with van der Waals surface area (Å²) in [5.74, 6) is 0. The van der Waals surface area contributed by atoms with E-state index < -0.39 is 66.2 Å². The molecule has 0 saturated carbocycles. The molecule has 3 N–H and O–H groups in total. The third kappa shape index (κ3) is 13.0. The van der Waals surface area contributed by atoms with Gasteiger partial charge in [0.1, 0.15) is 17.7 Å². The summed E-state index contributed by atoms with van der Waals surface area (Å²) in [6.45, 7) is -1.20. The van der Waals surface area contributed by atoms with Crippen LogP contribution in [0.25, 0.3) is 0 Å². The molecule has 166 valence electrons. The van der Waals surface area contributed by atoms with Gasteiger partial charge >= 0.3 is 126 Å². The zero-order chi connectivity index (χ0) is 22.2. The molecule has 0 aromatic carbocycles. The summed E-state index contributed by atoms with van der Waals surface area (Å²) in [6.07, 6.45) is -6.89. The quantitative estimate of drug-likeness (QED) is 0.193. The number of aliphatic hydroxyl groups excluding tert-OH is 1. The number of nitrogens with zero attached hydrogens (tertiary/aromatic N) is 2. The summed E-state index contributed by atoms with van der Waals surface area (Å²) in [4.78, 5) is 44.1. The van der Waals surface area contributed by atoms with Gasteiger partial charge in [-0.25, -0.2) is 18.3 Å². The smallest absolute Gasteiger partial charge is 0.846 e. The molecule has 24 heteroatoms. The summed E-state index contributed by atoms with van der Waals surface area (Å²) in [5.41, 5.74) is -0.430. The van der Waals surface area contributed by atoms with Gasteiger partial charge in [0.05, 0.1) is 20.4 Å². The van der Waals surface area contributed by atoms with E-state index >= 15 is 0 Å². The Morgan fingerprint density at radius 2 is 1.73 bits per heavy atom. The first-order valence-corrected chi connectivity index (χ1v) is 11.5. The molecule has 1 aromatic rings. The molecule has 1 aliphatic rings. The number of aromatic nitrogens is 2. The SMILES string of the molecule is N=c1ccn([C@@H]2O[C@H](COP(=O)([O-])OP(=O)(O)OP(=O)([O-])[O-])[C@@H](O)[C@H]2F)c([O-])n1.[Na+].[Na+].[Na+].[Na+]. The molecular formula is C9H11FN3Na4O13P3. The number of hydrogen-bond acceptors (Lipinski definition) is 14. The summed E-state index contributed by atoms with van der Waals surface area (Å²) in [7, 11) is -17.8. The Morgan fingerprint density at radius 1 is 1.18 bits per heavy atom. The van der Waals surface area contributed by atoms with Crippen LogP contribution >= 0.6 is 23.5 Å². The number of phosphoric acid groups is 3. The predicted octanol–water partition coefficient (Wildman–Crippen LogP) is -15.5. The molecule has 1 aliphatic heterocycles. The Bertz CT molecular complexity index is 969. The van der Waals surface area contributed by atoms with Gasteiger partial charge in [-0.3, -0.25) is 14.3 Å². The van der Waals surface area contributed by atoms with Crippen LogP contribution in [0.4, 0.5) is 4.39 Å². The molecule has 0 bridgehead atoms. The van der Waals surface area contributed by atoms with Gasteiger partial charge in [0.2, 0.25) is 0 Å². The van der Waals surface area contributed by atoms with E-state index in [1.54, 1.807) is 0 Å². The van der Waals surface area contributed by atoms with Gasteiger partial charge < -0.3 is 48.2 Å². The fourth-order valence-corrected chi connectivity index (χ4v) is 5.06. The van der Waals surface area contributed by atoms with Crippen LogP contribution in [0.1, 0.15) is 6.23 Å². The van der Waals surface area contributed by atoms with Crippen LogP contribution in [0, 0.1) is 5.41 Å². The van der Waals surface area contributed by atoms with Crippen molar-refractivity contribution >= 4 is 23.5 Å². The molecule has 0 spiro atoms. The van der Waals surface area contributed by atoms with Crippen molar-refractivity contribution in [3.05, 3.63) is 17.8 Å². The van der Waals surface area contributed by atoms with Crippen LogP contribution in [0.5, 0.6) is 6.01 Å². The normalized spacial score (nSPS) is 25.8. The van der Waals surface area contributed by atoms with Crippen LogP contribution in [0.15, 0.2) is 12.3 Å². The number of alkyl halides is 1. The standard InChI is InChI=1S/C9H15FN3O13P3.4Na/c10-6-7(14)4(24-8(6)13-2-1-5(11)12-9(13)15)3-23-28(19,20)26-29(21,22)25-27(16,17)18;;;;/h1-2,4,6-8,14H,3H2,(H,19,20)(H,21,22)(H2,11,12,15)(H2,16,17,18);;;;/q;4*+1/p-4/t4-,6-,7-,8-;;;;/m1..../s1. The fraction of sp³-hybridized carbons (Fsp3) is 0.556. The molecule has 2 rings (SSSR count). The van der Waals surface area contributed by atoms with Crippen molar-refractivity contribution in [1.29, 1.82) is 5.41 Å². The Hall–Kier alpha value is 2.94. The second-order valence-electron chi connectivity index (χ2n) is 5.32. The molecule has 1 saturated heterocycles. The first-order valence-electron chi connectivity index (χ1n) is 7.12. The molecule has 2 unspecified atom stereocenters. The molecule has 16 nitrogen and oxygen atoms in total. The topological polar surface area (TPSA) is 262 Å². The van der Waals surface area contributed by atoms with Crippen molar-refractivity contribution < 1.29 is 184 Å². The number of rotatable bonds is 8. The van der Waals surface area contributed by atoms with Crippen molar-refractivity contribution in [2.24, 2.45) is 0 Å². The van der Waals surface area contributed by atoms with Gasteiger partial charge in [0, 0.05) is 6.20 Å². The molecule has 1 fully saturated rings. The Labute approximate surface area is 273 Å². The second-order valence-corrected chi connectivity index (χ2v) is 9.62. The van der Waals surface area contributed by atoms with Crippen LogP contribution < -0.4 is 144 Å². The molecule has 6 atom stereocenters. The maximum atomic E-state index is 14.2. The number of hydrogen-bond donors (Lipinski definition) is 3. The van der Waals surface area contributed by atoms with Crippen molar-refractivity contribution in [3.8, 4) is 6.01 Å². The van der Waals surface area contributed by atoms with E-state index in [2.05, 4.69) is 18.1 Å². The van der Waals surface area contributed by atoms with E-state index in [1.165, 1.54) is 0 Å². The number of nitrogens with one attached hydrogen (secondary N) is 1. The first kappa shape index (κ1) is 40.4. The van der Waals surface area contributed by atoms with Crippen LogP contribution in [0.2, 0.25) is 0 Å². The number of halogens is 1. The molecule has 2 heterocycles. The predicted molar refractivity (Wildman–Crippen MR) is 75.5 cm³/mol. The fourth-order valence-electron chi connectivity index (χ4n) is 2.13. The molecule has 0 amide bonds. The minimum Gasteiger partial charge on any atom is -0.846 e. The summed E-state index contributed by atoms with van der Waals surface area (Å²) in [5, 5.41) is 28.6. The van der Waals surface area contributed by atoms with E-state index in [4.69, 9.17) is 15.0 Å². The summed E-state index contributed by atoms with van der Waals surface area (Å²) >= 11 is 0. The molecular weight excluding hydrogens is 562 g/mol. The molecule has 0 radical (unpaired) electrons. The number of aliphatic hydroxyl groups is 1. The first-order chi connectivity index (χ1) is 13.1. The zero-order valence-electron chi connectivity index (χ0n) is 17.7. The van der Waals surface area contributed by atoms with E-state index in [0.29, 0.717) is 4.57 Å². The van der Waals surface area contributed by atoms with E-state index in [1.807, 2.05) is 0 Å². The van der Waals surface area contributed by atoms with Gasteiger partial charge in [0.25, 0.3) is 7.82 Å². The van der Waals surface area contributed by atoms with Crippen LogP contribution in [-0.2, 0) is 31.6 Å². The maximum Gasteiger partial charge on any atom is 1.00 e. The third-order valence-electron chi connectivity index (χ3n) is 3.20. The largest absolute Gasteiger partial charge is 1.00 e. The van der Waals surface area contributed by atoms with Gasteiger partial charge in [-0.2, -0.15) is 0 Å². The van der Waals surface area contributed by atoms with Gasteiger partial charge in [0.15, 0.2) is 12.4 Å². The second kappa shape index (κ2) is 16.1. The summed E-state index contributed by atoms with van der Waals surface area (Å²) < 4.78 is 63.3. The van der Waals surface area contributed by atoms with Crippen LogP contribution in [0.3, 0.4) is 0 Å². The summed E-state index contributed by atoms with van der Waals surface area (Å²) in [6, 6.07) is -0.0913. The van der Waals surface area contributed by atoms with Crippen molar-refractivity contribution in [3.63, 3.8) is 0 Å². The van der Waals surface area contributed by atoms with Gasteiger partial charge in [-0.05, 0) is 6.07 Å². The third-order valence-corrected chi connectivity index (χ3v) is 6.92. The van der Waals surface area contributed by atoms with Crippen molar-refractivity contribution in [2.45, 2.75) is 24.6 Å². The molecule has 1 aromatic heterocycles. The zero-order valence-corrected chi connectivity index (χ0v) is 28.4. The van der Waals surface area contributed by atoms with Crippen LogP contribution in [-0.4, -0.2) is 44.5 Å². The number of ether oxygens (including phenoxy) is 1. The average molecular weight is 573 g/mol. The minimum absolute atomic E-state index is 0. The van der Waals surface area contributed by atoms with Gasteiger partial charge in [-0.1, -0.05) is 0 Å². The molecule has 0 aliphatic carbocycles. The van der Waals surface area contributed by atoms with E-state index in [-0.39, 0.29) is 118 Å². The monoisotopic (exact) mass is 573 g/mol. The Morgan fingerprint density at radius 3 is 2.21 bits per heavy atom. The van der Waals surface area contributed by atoms with E-state index in [0.717, 1.165) is 12.3 Å². The van der Waals surface area contributed by atoms with E-state index in [9.17, 15) is 43.0 Å². The maximum absolute atomic E-state index is 14.2. The Balaban J connectivity index is -0.00000225. The van der Waals surface area contributed by atoms with Gasteiger partial charge in [-0.15, -0.1) is 0 Å². The molecule has 33 heavy (non-hydrogen) atoms. The van der Waals surface area contributed by atoms with Crippen molar-refractivity contribution in [2.75, 3.05) is 6.61 Å². The Kier molecular flexibility index (Phi) is 19.8. The number of phosphoric ester groups is 1. The minimum atomic E-state index is -6.10.